The number of aliphatic hydroxyl groups is 3. The van der Waals surface area contributed by atoms with Gasteiger partial charge in [-0.1, -0.05) is 0 Å². The summed E-state index contributed by atoms with van der Waals surface area (Å²) >= 11 is 0. The Kier molecular flexibility index (Phi) is 7.13. The molecule has 0 radical (unpaired) electrons. The Hall–Kier alpha value is -2.87. The number of rotatable bonds is 4. The molecule has 7 N–H and O–H groups in total. The average Bonchev–Trinajstić information content (AvgIpc) is 2.81. The summed E-state index contributed by atoms with van der Waals surface area (Å²) in [7, 11) is 0. The van der Waals surface area contributed by atoms with E-state index in [2.05, 4.69) is 9.97 Å². The number of anilines is 1. The molecule has 1 fully saturated rings. The number of carboxylic acid groups (broad SMARTS) is 2. The summed E-state index contributed by atoms with van der Waals surface area (Å²) in [6, 6.07) is 0. The quantitative estimate of drug-likeness (QED) is 0.289. The Labute approximate surface area is 139 Å². The van der Waals surface area contributed by atoms with Crippen molar-refractivity contribution < 1.29 is 39.9 Å². The number of nitrogens with zero attached hydrogens (tertiary/aromatic N) is 3. The first-order valence-corrected chi connectivity index (χ1v) is 6.64. The highest BCUT2D eigenvalue weighted by atomic mass is 16.6. The minimum atomic E-state index is -1.35. The van der Waals surface area contributed by atoms with Gasteiger partial charge in [-0.2, -0.15) is 4.98 Å². The monoisotopic (exact) mass is 360 g/mol. The van der Waals surface area contributed by atoms with Crippen molar-refractivity contribution in [1.29, 1.82) is 0 Å². The maximum Gasteiger partial charge on any atom is 0.354 e. The van der Waals surface area contributed by atoms with Gasteiger partial charge in [0, 0.05) is 12.2 Å². The van der Waals surface area contributed by atoms with Crippen molar-refractivity contribution >= 4 is 17.9 Å². The molecule has 0 unspecified atom stereocenters. The van der Waals surface area contributed by atoms with Gasteiger partial charge in [0.25, 0.3) is 0 Å². The average molecular weight is 360 g/mol. The molecule has 1 saturated heterocycles. The zero-order valence-corrected chi connectivity index (χ0v) is 12.5. The van der Waals surface area contributed by atoms with Crippen LogP contribution in [0.1, 0.15) is 6.23 Å². The molecule has 0 bridgehead atoms. The zero-order valence-electron chi connectivity index (χ0n) is 12.5. The van der Waals surface area contributed by atoms with Gasteiger partial charge in [-0.25, -0.2) is 19.4 Å². The number of nitrogen functional groups attached to an aromatic ring is 1. The molecule has 1 aromatic rings. The molecule has 0 spiro atoms. The number of hydrogen-bond acceptors (Lipinski definition) is 10. The molecular formula is C12H16N4O9. The Morgan fingerprint density at radius 1 is 1.24 bits per heavy atom. The predicted octanol–water partition coefficient (Wildman–Crippen LogP) is -3.46. The first-order chi connectivity index (χ1) is 11.7. The predicted molar refractivity (Wildman–Crippen MR) is 78.1 cm³/mol. The topological polar surface area (TPSA) is 218 Å². The molecule has 13 nitrogen and oxygen atoms in total. The van der Waals surface area contributed by atoms with Crippen LogP contribution in [0.4, 0.5) is 5.95 Å². The molecule has 25 heavy (non-hydrogen) atoms. The van der Waals surface area contributed by atoms with E-state index in [4.69, 9.17) is 25.8 Å². The van der Waals surface area contributed by atoms with Crippen LogP contribution in [0.3, 0.4) is 0 Å². The molecule has 0 saturated carbocycles. The van der Waals surface area contributed by atoms with Crippen molar-refractivity contribution in [2.75, 3.05) is 12.3 Å². The van der Waals surface area contributed by atoms with E-state index in [0.717, 1.165) is 10.9 Å². The van der Waals surface area contributed by atoms with Crippen LogP contribution in [-0.2, 0) is 14.3 Å². The smallest absolute Gasteiger partial charge is 0.354 e. The molecule has 2 heterocycles. The lowest BCUT2D eigenvalue weighted by Crippen LogP contribution is -2.36. The Bertz CT molecular complexity index is 688. The third kappa shape index (κ3) is 5.61. The van der Waals surface area contributed by atoms with E-state index < -0.39 is 48.8 Å². The molecule has 13 heteroatoms. The molecular weight excluding hydrogens is 344 g/mol. The first kappa shape index (κ1) is 20.2. The van der Waals surface area contributed by atoms with Gasteiger partial charge in [-0.3, -0.25) is 4.57 Å². The molecule has 1 aliphatic heterocycles. The molecule has 1 aromatic heterocycles. The van der Waals surface area contributed by atoms with Gasteiger partial charge in [0.15, 0.2) is 6.23 Å². The molecule has 138 valence electrons. The molecule has 1 aliphatic rings. The summed E-state index contributed by atoms with van der Waals surface area (Å²) in [5.74, 6) is -2.71. The summed E-state index contributed by atoms with van der Waals surface area (Å²) < 4.78 is 6.04. The lowest BCUT2D eigenvalue weighted by Gasteiger charge is -2.16. The van der Waals surface area contributed by atoms with E-state index in [9.17, 15) is 24.6 Å². The SMILES string of the molecule is Nc1ncn([C@@H]2O[C@H](CO)[C@@H](O)[C@H]2O)c(=O)n1.O=C(O)/C=C/C(=O)O. The van der Waals surface area contributed by atoms with Crippen molar-refractivity contribution in [1.82, 2.24) is 14.5 Å². The van der Waals surface area contributed by atoms with Crippen LogP contribution in [0.25, 0.3) is 0 Å². The summed E-state index contributed by atoms with van der Waals surface area (Å²) in [5, 5.41) is 43.7. The van der Waals surface area contributed by atoms with Gasteiger partial charge in [0.2, 0.25) is 5.95 Å². The molecule has 0 amide bonds. The van der Waals surface area contributed by atoms with E-state index in [1.165, 1.54) is 0 Å². The summed E-state index contributed by atoms with van der Waals surface area (Å²) in [6.45, 7) is -0.473. The molecule has 2 rings (SSSR count). The summed E-state index contributed by atoms with van der Waals surface area (Å²) in [6.07, 6.45) is -2.56. The third-order valence-electron chi connectivity index (χ3n) is 2.91. The lowest BCUT2D eigenvalue weighted by atomic mass is 10.1. The van der Waals surface area contributed by atoms with Crippen LogP contribution in [-0.4, -0.2) is 76.9 Å². The van der Waals surface area contributed by atoms with Crippen LogP contribution in [0.5, 0.6) is 0 Å². The van der Waals surface area contributed by atoms with Gasteiger partial charge in [-0.15, -0.1) is 0 Å². The van der Waals surface area contributed by atoms with Crippen LogP contribution < -0.4 is 11.4 Å². The van der Waals surface area contributed by atoms with Crippen molar-refractivity contribution in [3.05, 3.63) is 29.0 Å². The van der Waals surface area contributed by atoms with Crippen LogP contribution in [0, 0.1) is 0 Å². The van der Waals surface area contributed by atoms with Crippen LogP contribution in [0.15, 0.2) is 23.3 Å². The normalized spacial score (nSPS) is 25.4. The molecule has 4 atom stereocenters. The summed E-state index contributed by atoms with van der Waals surface area (Å²) in [4.78, 5) is 37.5. The highest BCUT2D eigenvalue weighted by Crippen LogP contribution is 2.27. The van der Waals surface area contributed by atoms with E-state index in [0.29, 0.717) is 12.2 Å². The fraction of sp³-hybridized carbons (Fsp3) is 0.417. The van der Waals surface area contributed by atoms with E-state index in [-0.39, 0.29) is 5.95 Å². The summed E-state index contributed by atoms with van der Waals surface area (Å²) in [5.41, 5.74) is 4.46. The van der Waals surface area contributed by atoms with Crippen LogP contribution >= 0.6 is 0 Å². The van der Waals surface area contributed by atoms with Gasteiger partial charge >= 0.3 is 17.6 Å². The van der Waals surface area contributed by atoms with Crippen molar-refractivity contribution in [2.45, 2.75) is 24.5 Å². The number of aliphatic carboxylic acids is 2. The second-order valence-electron chi connectivity index (χ2n) is 4.64. The number of carbonyl (C=O) groups is 2. The van der Waals surface area contributed by atoms with Crippen LogP contribution in [0.2, 0.25) is 0 Å². The van der Waals surface area contributed by atoms with Gasteiger partial charge < -0.3 is 36.0 Å². The zero-order chi connectivity index (χ0) is 19.1. The first-order valence-electron chi connectivity index (χ1n) is 6.64. The highest BCUT2D eigenvalue weighted by molar-refractivity contribution is 5.89. The highest BCUT2D eigenvalue weighted by Gasteiger charge is 2.43. The number of hydrogen-bond donors (Lipinski definition) is 6. The number of ether oxygens (including phenoxy) is 1. The van der Waals surface area contributed by atoms with Gasteiger partial charge in [0.05, 0.1) is 6.61 Å². The Morgan fingerprint density at radius 2 is 1.80 bits per heavy atom. The number of aliphatic hydroxyl groups excluding tert-OH is 3. The molecule has 0 aromatic carbocycles. The van der Waals surface area contributed by atoms with Crippen molar-refractivity contribution in [2.24, 2.45) is 0 Å². The maximum atomic E-state index is 11.5. The van der Waals surface area contributed by atoms with E-state index >= 15 is 0 Å². The minimum Gasteiger partial charge on any atom is -0.478 e. The third-order valence-corrected chi connectivity index (χ3v) is 2.91. The van der Waals surface area contributed by atoms with E-state index in [1.807, 2.05) is 0 Å². The van der Waals surface area contributed by atoms with Gasteiger partial charge in [-0.05, 0) is 0 Å². The second-order valence-corrected chi connectivity index (χ2v) is 4.64. The second kappa shape index (κ2) is 8.84. The van der Waals surface area contributed by atoms with E-state index in [1.54, 1.807) is 0 Å². The van der Waals surface area contributed by atoms with Crippen molar-refractivity contribution in [3.8, 4) is 0 Å². The number of carboxylic acids is 2. The standard InChI is InChI=1S/C8H12N4O5.C4H4O4/c9-7-10-2-12(8(16)11-7)6-5(15)4(14)3(1-13)17-6;5-3(6)1-2-4(7)8/h2-6,13-15H,1H2,(H2,9,11,16);1-2H,(H,5,6)(H,7,8)/b;2-1+/t3-,4-,5-,6-;/m1./s1. The maximum absolute atomic E-state index is 11.5. The Balaban J connectivity index is 0.000000333. The van der Waals surface area contributed by atoms with Gasteiger partial charge in [0.1, 0.15) is 24.6 Å². The Morgan fingerprint density at radius 3 is 2.20 bits per heavy atom. The lowest BCUT2D eigenvalue weighted by molar-refractivity contribution is -0.134. The van der Waals surface area contributed by atoms with Crippen molar-refractivity contribution in [3.63, 3.8) is 0 Å². The minimum absolute atomic E-state index is 0.196. The largest absolute Gasteiger partial charge is 0.478 e. The number of nitrogens with two attached hydrogens (primary N) is 1. The molecule has 0 aliphatic carbocycles. The fourth-order valence-electron chi connectivity index (χ4n) is 1.78. The number of aromatic nitrogens is 3. The fourth-order valence-corrected chi connectivity index (χ4v) is 1.78.